The molecule has 0 aromatic heterocycles. The van der Waals surface area contributed by atoms with Gasteiger partial charge in [0.1, 0.15) is 0 Å². The van der Waals surface area contributed by atoms with Crippen molar-refractivity contribution in [1.82, 2.24) is 0 Å². The summed E-state index contributed by atoms with van der Waals surface area (Å²) < 4.78 is 3.68. The number of hydrogen-bond donors (Lipinski definition) is 0. The van der Waals surface area contributed by atoms with Gasteiger partial charge in [0.05, 0.1) is 0 Å². The molecule has 0 saturated heterocycles. The Morgan fingerprint density at radius 3 is 1.54 bits per heavy atom. The molecule has 6 aromatic carbocycles. The van der Waals surface area contributed by atoms with E-state index in [0.717, 1.165) is 45.7 Å². The van der Waals surface area contributed by atoms with E-state index in [9.17, 15) is 0 Å². The maximum absolute atomic E-state index is 3.88. The topological polar surface area (TPSA) is 0 Å². The summed E-state index contributed by atoms with van der Waals surface area (Å²) in [4.78, 5) is 0. The van der Waals surface area contributed by atoms with Crippen LogP contribution >= 0.6 is 56.7 Å². The minimum absolute atomic E-state index is 0. The van der Waals surface area contributed by atoms with E-state index in [0.29, 0.717) is 0 Å². The predicted molar refractivity (Wildman–Crippen MR) is 249 cm³/mol. The van der Waals surface area contributed by atoms with E-state index in [-0.39, 0.29) is 35.6 Å². The maximum atomic E-state index is 3.88. The normalized spacial score (nSPS) is 12.2. The molecule has 0 atom stereocenters. The molecule has 0 bridgehead atoms. The third-order valence-electron chi connectivity index (χ3n) is 9.67. The van der Waals surface area contributed by atoms with E-state index in [4.69, 9.17) is 0 Å². The average molecular weight is 1070 g/mol. The summed E-state index contributed by atoms with van der Waals surface area (Å²) in [5, 5.41) is 0. The number of allylic oxidation sites excluding steroid dienone is 4. The van der Waals surface area contributed by atoms with Gasteiger partial charge in [-0.25, -0.2) is 12.2 Å². The van der Waals surface area contributed by atoms with Gasteiger partial charge >= 0.3 is 128 Å². The molecule has 0 amide bonds. The van der Waals surface area contributed by atoms with Crippen LogP contribution in [0.2, 0.25) is 0 Å². The molecule has 2 aliphatic rings. The van der Waals surface area contributed by atoms with Crippen LogP contribution in [0.5, 0.6) is 0 Å². The number of halogens is 4. The summed E-state index contributed by atoms with van der Waals surface area (Å²) in [6.45, 7) is 13.9. The Kier molecular flexibility index (Phi) is 16.5. The Hall–Kier alpha value is -2.92. The van der Waals surface area contributed by atoms with Crippen molar-refractivity contribution in [2.45, 2.75) is 65.2 Å². The van der Waals surface area contributed by atoms with E-state index in [1.807, 2.05) is 12.2 Å². The fourth-order valence-electron chi connectivity index (χ4n) is 6.84. The van der Waals surface area contributed by atoms with Crippen LogP contribution < -0.4 is 0 Å². The zero-order valence-electron chi connectivity index (χ0n) is 32.8. The number of rotatable bonds is 4. The first kappa shape index (κ1) is 45.8. The molecule has 0 fully saturated rings. The third kappa shape index (κ3) is 11.4. The van der Waals surface area contributed by atoms with Gasteiger partial charge in [0.2, 0.25) is 0 Å². The van der Waals surface area contributed by atoms with Crippen LogP contribution in [-0.2, 0) is 41.1 Å². The second kappa shape index (κ2) is 20.2. The molecule has 8 rings (SSSR count). The molecule has 56 heavy (non-hydrogen) atoms. The fraction of sp³-hybridized carbons (Fsp3) is 0.196. The van der Waals surface area contributed by atoms with Gasteiger partial charge in [-0.15, -0.1) is 60.1 Å². The quantitative estimate of drug-likeness (QED) is 0.122. The summed E-state index contributed by atoms with van der Waals surface area (Å²) >= 11 is 7.96. The smallest absolute Gasteiger partial charge is 0.0126 e. The zero-order chi connectivity index (χ0) is 38.5. The summed E-state index contributed by atoms with van der Waals surface area (Å²) in [7, 11) is 0. The van der Waals surface area contributed by atoms with Crippen molar-refractivity contribution in [3.05, 3.63) is 200 Å². The molecule has 6 aromatic rings. The molecule has 0 N–H and O–H groups in total. The Labute approximate surface area is 379 Å². The zero-order valence-corrected chi connectivity index (χ0v) is 41.2. The van der Waals surface area contributed by atoms with E-state index in [2.05, 4.69) is 219 Å². The Morgan fingerprint density at radius 1 is 0.589 bits per heavy atom. The maximum Gasteiger partial charge on any atom is -0.0126 e. The van der Waals surface area contributed by atoms with E-state index >= 15 is 0 Å². The van der Waals surface area contributed by atoms with Crippen molar-refractivity contribution >= 4 is 59.9 Å². The van der Waals surface area contributed by atoms with Crippen LogP contribution in [0.4, 0.5) is 0 Å². The number of fused-ring (bicyclic) bond motifs is 3. The largest absolute Gasteiger partial charge is 0.273 e. The molecule has 0 heterocycles. The van der Waals surface area contributed by atoms with Crippen LogP contribution in [-0.4, -0.2) is 3.26 Å². The van der Waals surface area contributed by atoms with E-state index in [1.54, 1.807) is 0 Å². The van der Waals surface area contributed by atoms with Gasteiger partial charge < -0.3 is 0 Å². The molecular formula is C51H48Br2Cl2Hf. The van der Waals surface area contributed by atoms with Gasteiger partial charge in [0.15, 0.2) is 0 Å². The van der Waals surface area contributed by atoms with Gasteiger partial charge in [-0.1, -0.05) is 131 Å². The van der Waals surface area contributed by atoms with Gasteiger partial charge in [-0.2, -0.15) is 6.08 Å². The van der Waals surface area contributed by atoms with E-state index < -0.39 is 0 Å². The minimum atomic E-state index is 0. The second-order valence-corrected chi connectivity index (χ2v) is 19.4. The van der Waals surface area contributed by atoms with Gasteiger partial charge in [-0.05, 0) is 39.5 Å². The van der Waals surface area contributed by atoms with Crippen LogP contribution in [0.3, 0.4) is 0 Å². The SMILES string of the molecule is Brc1ccc([C](=[Hf+2])c2ccc(Br)cc2)cc1.CC(C)(C)c1cc2c([c-]c1-c1ccccc1)Cc1cc(-c3ccccc3)c(C(C)(C)C)cc1-2.Cl.Cl.[C-]1=CC=CC1. The minimum Gasteiger partial charge on any atom is -0.273 e. The number of benzene rings is 6. The first-order chi connectivity index (χ1) is 25.8. The summed E-state index contributed by atoms with van der Waals surface area (Å²) in [6.07, 6.45) is 10.9. The Balaban J connectivity index is 0.000000252. The van der Waals surface area contributed by atoms with Crippen LogP contribution in [0.1, 0.15) is 81.3 Å². The van der Waals surface area contributed by atoms with Gasteiger partial charge in [-0.3, -0.25) is 6.08 Å². The molecule has 0 nitrogen and oxygen atoms in total. The molecule has 2 aliphatic carbocycles. The van der Waals surface area contributed by atoms with Crippen LogP contribution in [0, 0.1) is 12.1 Å². The molecule has 0 radical (unpaired) electrons. The summed E-state index contributed by atoms with van der Waals surface area (Å²) in [6, 6.07) is 49.8. The second-order valence-electron chi connectivity index (χ2n) is 15.8. The summed E-state index contributed by atoms with van der Waals surface area (Å²) in [5.74, 6) is 0. The van der Waals surface area contributed by atoms with Crippen LogP contribution in [0.25, 0.3) is 33.4 Å². The predicted octanol–water partition coefficient (Wildman–Crippen LogP) is 15.5. The molecule has 5 heteroatoms. The number of hydrogen-bond acceptors (Lipinski definition) is 0. The molecule has 0 aliphatic heterocycles. The standard InChI is InChI=1S/C33H33.C13H8Br2.C5H5.2ClH.Hf/c1-32(2,3)30-20-26-24(18-28(30)22-13-9-7-10-14-22)17-25-19-29(23-15-11-8-12-16-23)31(21-27(25)26)33(4,5)6;14-12-5-1-10(2-6-12)9-11-3-7-13(15)8-4-11;1-2-4-5-3-1;;;/h7-16,18,20-21H,17H2,1-6H3;1-8H;1-3H,4H2;2*1H;/q-1;;-1;;;+2. The van der Waals surface area contributed by atoms with Crippen molar-refractivity contribution in [1.29, 1.82) is 0 Å². The third-order valence-corrected chi connectivity index (χ3v) is 12.8. The molecule has 0 unspecified atom stereocenters. The molecule has 0 spiro atoms. The molecule has 284 valence electrons. The van der Waals surface area contributed by atoms with Crippen LogP contribution in [0.15, 0.2) is 155 Å². The Morgan fingerprint density at radius 2 is 1.09 bits per heavy atom. The molecule has 0 saturated carbocycles. The van der Waals surface area contributed by atoms with Gasteiger partial charge in [0.25, 0.3) is 0 Å². The van der Waals surface area contributed by atoms with Gasteiger partial charge in [0, 0.05) is 0 Å². The average Bonchev–Trinajstić information content (AvgIpc) is 3.86. The summed E-state index contributed by atoms with van der Waals surface area (Å²) in [5.41, 5.74) is 16.1. The molecular weight excluding hydrogens is 1020 g/mol. The first-order valence-corrected chi connectivity index (χ1v) is 21.9. The fourth-order valence-corrected chi connectivity index (χ4v) is 8.57. The van der Waals surface area contributed by atoms with Crippen molar-refractivity contribution in [3.8, 4) is 33.4 Å². The van der Waals surface area contributed by atoms with Crippen molar-refractivity contribution in [2.24, 2.45) is 0 Å². The van der Waals surface area contributed by atoms with Crippen molar-refractivity contribution in [2.75, 3.05) is 0 Å². The van der Waals surface area contributed by atoms with Crippen molar-refractivity contribution < 1.29 is 23.9 Å². The first-order valence-electron chi connectivity index (χ1n) is 18.5. The Bertz CT molecular complexity index is 2130. The van der Waals surface area contributed by atoms with E-state index in [1.165, 1.54) is 70.0 Å². The monoisotopic (exact) mass is 1070 g/mol. The van der Waals surface area contributed by atoms with Crippen molar-refractivity contribution in [3.63, 3.8) is 0 Å².